The van der Waals surface area contributed by atoms with Gasteiger partial charge < -0.3 is 5.11 Å². The molecule has 0 unspecified atom stereocenters. The van der Waals surface area contributed by atoms with Crippen LogP contribution in [0, 0.1) is 0 Å². The van der Waals surface area contributed by atoms with Crippen molar-refractivity contribution < 1.29 is 5.11 Å². The van der Waals surface area contributed by atoms with Crippen LogP contribution in [0.2, 0.25) is 5.02 Å². The summed E-state index contributed by atoms with van der Waals surface area (Å²) in [5, 5.41) is 9.51. The van der Waals surface area contributed by atoms with Gasteiger partial charge >= 0.3 is 0 Å². The van der Waals surface area contributed by atoms with Gasteiger partial charge in [-0.15, -0.1) is 0 Å². The summed E-state index contributed by atoms with van der Waals surface area (Å²) in [7, 11) is 0. The Morgan fingerprint density at radius 1 is 0.650 bits per heavy atom. The predicted molar refractivity (Wildman–Crippen MR) is 88.4 cm³/mol. The molecule has 0 saturated carbocycles. The maximum Gasteiger partial charge on any atom is 0.0431 e. The molecule has 0 atom stereocenters. The Morgan fingerprint density at radius 3 is 1.60 bits per heavy atom. The summed E-state index contributed by atoms with van der Waals surface area (Å²) >= 11 is 5.87. The average molecular weight is 297 g/mol. The number of aliphatic hydroxyl groups excluding tert-OH is 1. The van der Waals surface area contributed by atoms with Crippen LogP contribution >= 0.6 is 11.6 Å². The quantitative estimate of drug-likeness (QED) is 0.485. The summed E-state index contributed by atoms with van der Waals surface area (Å²) in [6.07, 6.45) is 14.1. The number of unbranched alkanes of at least 4 members (excludes halogenated alkanes) is 9. The summed E-state index contributed by atoms with van der Waals surface area (Å²) in [5.74, 6) is 0. The molecule has 0 heterocycles. The van der Waals surface area contributed by atoms with Crippen LogP contribution in [0.1, 0.15) is 69.8 Å². The summed E-state index contributed by atoms with van der Waals surface area (Å²) in [6.45, 7) is 0.355. The lowest BCUT2D eigenvalue weighted by Crippen LogP contribution is -1.87. The van der Waals surface area contributed by atoms with Gasteiger partial charge in [0.15, 0.2) is 0 Å². The van der Waals surface area contributed by atoms with Crippen molar-refractivity contribution in [2.45, 2.75) is 70.6 Å². The van der Waals surface area contributed by atoms with E-state index < -0.39 is 0 Å². The van der Waals surface area contributed by atoms with Crippen LogP contribution < -0.4 is 0 Å². The van der Waals surface area contributed by atoms with Crippen LogP contribution in [0.4, 0.5) is 0 Å². The number of aryl methyl sites for hydroxylation is 1. The molecule has 114 valence electrons. The first-order valence-electron chi connectivity index (χ1n) is 8.18. The lowest BCUT2D eigenvalue weighted by molar-refractivity contribution is 0.282. The maximum absolute atomic E-state index is 8.68. The molecule has 0 amide bonds. The molecule has 1 aromatic carbocycles. The summed E-state index contributed by atoms with van der Waals surface area (Å²) in [4.78, 5) is 0. The second-order valence-corrected chi connectivity index (χ2v) is 6.07. The second-order valence-electron chi connectivity index (χ2n) is 5.64. The highest BCUT2D eigenvalue weighted by molar-refractivity contribution is 6.30. The van der Waals surface area contributed by atoms with Crippen molar-refractivity contribution in [3.63, 3.8) is 0 Å². The summed E-state index contributed by atoms with van der Waals surface area (Å²) in [5.41, 5.74) is 1.40. The van der Waals surface area contributed by atoms with Crippen molar-refractivity contribution in [1.29, 1.82) is 0 Å². The Bertz CT molecular complexity index is 321. The summed E-state index contributed by atoms with van der Waals surface area (Å²) in [6, 6.07) is 8.23. The van der Waals surface area contributed by atoms with Crippen molar-refractivity contribution in [2.24, 2.45) is 0 Å². The van der Waals surface area contributed by atoms with Crippen LogP contribution in [0.5, 0.6) is 0 Å². The van der Waals surface area contributed by atoms with E-state index in [2.05, 4.69) is 12.1 Å². The van der Waals surface area contributed by atoms with Crippen LogP contribution in [-0.2, 0) is 6.42 Å². The van der Waals surface area contributed by atoms with E-state index >= 15 is 0 Å². The molecule has 0 aliphatic heterocycles. The van der Waals surface area contributed by atoms with Gasteiger partial charge in [-0.2, -0.15) is 0 Å². The van der Waals surface area contributed by atoms with Crippen molar-refractivity contribution in [3.05, 3.63) is 34.9 Å². The Balaban J connectivity index is 1.84. The van der Waals surface area contributed by atoms with E-state index in [-0.39, 0.29) is 0 Å². The SMILES string of the molecule is OCCCCCCCCCCCCc1ccc(Cl)cc1. The molecule has 0 fully saturated rings. The van der Waals surface area contributed by atoms with E-state index in [0.717, 1.165) is 11.4 Å². The molecule has 0 bridgehead atoms. The van der Waals surface area contributed by atoms with Crippen molar-refractivity contribution >= 4 is 11.6 Å². The molecule has 0 spiro atoms. The van der Waals surface area contributed by atoms with Crippen LogP contribution in [0.15, 0.2) is 24.3 Å². The van der Waals surface area contributed by atoms with Gasteiger partial charge in [0, 0.05) is 11.6 Å². The largest absolute Gasteiger partial charge is 0.396 e. The first-order chi connectivity index (χ1) is 9.83. The Labute approximate surface area is 129 Å². The van der Waals surface area contributed by atoms with E-state index in [4.69, 9.17) is 16.7 Å². The van der Waals surface area contributed by atoms with Crippen molar-refractivity contribution in [2.75, 3.05) is 6.61 Å². The monoisotopic (exact) mass is 296 g/mol. The molecule has 20 heavy (non-hydrogen) atoms. The minimum atomic E-state index is 0.355. The minimum absolute atomic E-state index is 0.355. The van der Waals surface area contributed by atoms with E-state index in [1.807, 2.05) is 12.1 Å². The molecule has 0 aromatic heterocycles. The number of aliphatic hydroxyl groups is 1. The minimum Gasteiger partial charge on any atom is -0.396 e. The lowest BCUT2D eigenvalue weighted by atomic mass is 10.0. The van der Waals surface area contributed by atoms with Crippen LogP contribution in [0.3, 0.4) is 0 Å². The fourth-order valence-electron chi connectivity index (χ4n) is 2.51. The fourth-order valence-corrected chi connectivity index (χ4v) is 2.63. The highest BCUT2D eigenvalue weighted by atomic mass is 35.5. The highest BCUT2D eigenvalue weighted by Crippen LogP contribution is 2.14. The molecule has 1 rings (SSSR count). The first-order valence-corrected chi connectivity index (χ1v) is 8.56. The fraction of sp³-hybridized carbons (Fsp3) is 0.667. The number of benzene rings is 1. The Hall–Kier alpha value is -0.530. The molecule has 0 saturated heterocycles. The third-order valence-corrected chi connectivity index (χ3v) is 4.04. The standard InChI is InChI=1S/C18H29ClO/c19-18-14-12-17(13-15-18)11-9-7-5-3-1-2-4-6-8-10-16-20/h12-15,20H,1-11,16H2. The second kappa shape index (κ2) is 12.2. The zero-order valence-corrected chi connectivity index (χ0v) is 13.4. The zero-order valence-electron chi connectivity index (χ0n) is 12.6. The first kappa shape index (κ1) is 17.5. The molecule has 0 aliphatic carbocycles. The van der Waals surface area contributed by atoms with Crippen molar-refractivity contribution in [3.8, 4) is 0 Å². The molecule has 1 aromatic rings. The van der Waals surface area contributed by atoms with Gasteiger partial charge in [0.2, 0.25) is 0 Å². The third-order valence-electron chi connectivity index (χ3n) is 3.79. The number of hydrogen-bond donors (Lipinski definition) is 1. The molecule has 0 radical (unpaired) electrons. The summed E-state index contributed by atoms with van der Waals surface area (Å²) < 4.78 is 0. The van der Waals surface area contributed by atoms with E-state index in [1.165, 1.54) is 69.8 Å². The van der Waals surface area contributed by atoms with Gasteiger partial charge in [0.1, 0.15) is 0 Å². The Kier molecular flexibility index (Phi) is 10.7. The van der Waals surface area contributed by atoms with Crippen LogP contribution in [-0.4, -0.2) is 11.7 Å². The molecule has 1 nitrogen and oxygen atoms in total. The normalized spacial score (nSPS) is 10.9. The number of rotatable bonds is 12. The maximum atomic E-state index is 8.68. The molecule has 1 N–H and O–H groups in total. The molecular weight excluding hydrogens is 268 g/mol. The van der Waals surface area contributed by atoms with E-state index in [1.54, 1.807) is 0 Å². The molecule has 2 heteroatoms. The van der Waals surface area contributed by atoms with E-state index in [9.17, 15) is 0 Å². The average Bonchev–Trinajstić information content (AvgIpc) is 2.47. The van der Waals surface area contributed by atoms with Gasteiger partial charge in [-0.1, -0.05) is 75.1 Å². The lowest BCUT2D eigenvalue weighted by Gasteiger charge is -2.03. The predicted octanol–water partition coefficient (Wildman–Crippen LogP) is 5.78. The molecule has 0 aliphatic rings. The number of halogens is 1. The topological polar surface area (TPSA) is 20.2 Å². The smallest absolute Gasteiger partial charge is 0.0431 e. The van der Waals surface area contributed by atoms with Gasteiger partial charge in [0.05, 0.1) is 0 Å². The van der Waals surface area contributed by atoms with Gasteiger partial charge in [-0.05, 0) is 37.0 Å². The Morgan fingerprint density at radius 2 is 1.10 bits per heavy atom. The highest BCUT2D eigenvalue weighted by Gasteiger charge is 1.95. The third kappa shape index (κ3) is 9.39. The van der Waals surface area contributed by atoms with Gasteiger partial charge in [-0.3, -0.25) is 0 Å². The van der Waals surface area contributed by atoms with Gasteiger partial charge in [-0.25, -0.2) is 0 Å². The molecular formula is C18H29ClO. The van der Waals surface area contributed by atoms with E-state index in [0.29, 0.717) is 6.61 Å². The van der Waals surface area contributed by atoms with Crippen molar-refractivity contribution in [1.82, 2.24) is 0 Å². The number of hydrogen-bond acceptors (Lipinski definition) is 1. The van der Waals surface area contributed by atoms with Crippen LogP contribution in [0.25, 0.3) is 0 Å². The zero-order chi connectivity index (χ0) is 14.5. The van der Waals surface area contributed by atoms with Gasteiger partial charge in [0.25, 0.3) is 0 Å².